The number of nitrogens with zero attached hydrogens (tertiary/aromatic N) is 1. The molecular formula is C29H33FN2O4S2. The zero-order valence-corrected chi connectivity index (χ0v) is 23.4. The summed E-state index contributed by atoms with van der Waals surface area (Å²) in [5.74, 6) is -0.321. The molecule has 202 valence electrons. The van der Waals surface area contributed by atoms with Crippen LogP contribution in [0.15, 0.2) is 110 Å². The summed E-state index contributed by atoms with van der Waals surface area (Å²) in [5, 5.41) is 0. The molecule has 0 spiro atoms. The molecule has 1 amide bonds. The molecule has 3 aromatic rings. The van der Waals surface area contributed by atoms with Crippen LogP contribution in [-0.2, 0) is 16.6 Å². The predicted molar refractivity (Wildman–Crippen MR) is 150 cm³/mol. The number of sulfonamides is 1. The number of allylic oxidation sites excluding steroid dienone is 2. The van der Waals surface area contributed by atoms with Crippen molar-refractivity contribution in [1.82, 2.24) is 9.62 Å². The van der Waals surface area contributed by atoms with E-state index in [1.807, 2.05) is 43.7 Å². The van der Waals surface area contributed by atoms with Crippen LogP contribution in [0.25, 0.3) is 0 Å². The predicted octanol–water partition coefficient (Wildman–Crippen LogP) is 6.59. The minimum Gasteiger partial charge on any atom is -0.459 e. The maximum atomic E-state index is 14.9. The van der Waals surface area contributed by atoms with E-state index >= 15 is 0 Å². The monoisotopic (exact) mass is 556 g/mol. The number of amides is 1. The van der Waals surface area contributed by atoms with Gasteiger partial charge < -0.3 is 4.42 Å². The highest BCUT2D eigenvalue weighted by Gasteiger charge is 2.20. The van der Waals surface area contributed by atoms with Gasteiger partial charge in [0.25, 0.3) is 10.0 Å². The second-order valence-electron chi connectivity index (χ2n) is 8.87. The molecule has 3 rings (SSSR count). The normalized spacial score (nSPS) is 12.0. The van der Waals surface area contributed by atoms with Gasteiger partial charge in [0.15, 0.2) is 5.76 Å². The second kappa shape index (κ2) is 14.1. The van der Waals surface area contributed by atoms with E-state index < -0.39 is 15.9 Å². The van der Waals surface area contributed by atoms with Gasteiger partial charge in [-0.3, -0.25) is 9.69 Å². The minimum absolute atomic E-state index is 0.0331. The fourth-order valence-corrected chi connectivity index (χ4v) is 5.58. The van der Waals surface area contributed by atoms with Crippen molar-refractivity contribution in [2.24, 2.45) is 0 Å². The summed E-state index contributed by atoms with van der Waals surface area (Å²) >= 11 is 1.73. The number of halogens is 1. The van der Waals surface area contributed by atoms with Crippen LogP contribution in [-0.4, -0.2) is 38.1 Å². The van der Waals surface area contributed by atoms with Gasteiger partial charge in [-0.1, -0.05) is 42.8 Å². The Bertz CT molecular complexity index is 1350. The topological polar surface area (TPSA) is 79.6 Å². The summed E-state index contributed by atoms with van der Waals surface area (Å²) in [6.07, 6.45) is 3.50. The van der Waals surface area contributed by atoms with Gasteiger partial charge in [0.1, 0.15) is 5.83 Å². The van der Waals surface area contributed by atoms with Crippen molar-refractivity contribution < 1.29 is 22.0 Å². The first kappa shape index (κ1) is 29.4. The Hall–Kier alpha value is -3.14. The number of rotatable bonds is 13. The van der Waals surface area contributed by atoms with Gasteiger partial charge >= 0.3 is 5.91 Å². The van der Waals surface area contributed by atoms with E-state index in [2.05, 4.69) is 17.0 Å². The molecule has 0 aliphatic carbocycles. The summed E-state index contributed by atoms with van der Waals surface area (Å²) in [7, 11) is -4.06. The zero-order chi connectivity index (χ0) is 27.5. The van der Waals surface area contributed by atoms with Crippen molar-refractivity contribution in [3.8, 4) is 0 Å². The number of furan rings is 1. The van der Waals surface area contributed by atoms with Crippen LogP contribution < -0.4 is 4.72 Å². The van der Waals surface area contributed by atoms with Crippen LogP contribution in [0.5, 0.6) is 0 Å². The molecule has 0 fully saturated rings. The second-order valence-corrected chi connectivity index (χ2v) is 11.7. The molecule has 0 atom stereocenters. The maximum Gasteiger partial charge on any atom is 0.300 e. The average molecular weight is 557 g/mol. The molecule has 2 aromatic carbocycles. The van der Waals surface area contributed by atoms with Gasteiger partial charge in [0.2, 0.25) is 0 Å². The van der Waals surface area contributed by atoms with Crippen LogP contribution in [0.4, 0.5) is 4.39 Å². The Balaban J connectivity index is 1.74. The van der Waals surface area contributed by atoms with Gasteiger partial charge in [-0.15, -0.1) is 11.8 Å². The lowest BCUT2D eigenvalue weighted by atomic mass is 10.1. The molecule has 0 aliphatic rings. The van der Waals surface area contributed by atoms with Gasteiger partial charge in [-0.2, -0.15) is 0 Å². The molecule has 6 nitrogen and oxygen atoms in total. The fourth-order valence-electron chi connectivity index (χ4n) is 3.69. The lowest BCUT2D eigenvalue weighted by Crippen LogP contribution is -2.30. The van der Waals surface area contributed by atoms with Crippen molar-refractivity contribution in [3.05, 3.63) is 107 Å². The average Bonchev–Trinajstić information content (AvgIpc) is 3.43. The van der Waals surface area contributed by atoms with Crippen LogP contribution in [0.1, 0.15) is 43.3 Å². The number of thioether (sulfide) groups is 1. The van der Waals surface area contributed by atoms with Crippen molar-refractivity contribution >= 4 is 27.7 Å². The van der Waals surface area contributed by atoms with E-state index in [0.29, 0.717) is 31.6 Å². The number of benzene rings is 2. The Morgan fingerprint density at radius 1 is 1.05 bits per heavy atom. The molecule has 9 heteroatoms. The number of hydrogen-bond donors (Lipinski definition) is 1. The highest BCUT2D eigenvalue weighted by atomic mass is 32.2. The number of carbonyl (C=O) groups is 1. The Labute approximate surface area is 228 Å². The van der Waals surface area contributed by atoms with Crippen molar-refractivity contribution in [3.63, 3.8) is 0 Å². The quantitative estimate of drug-likeness (QED) is 0.189. The minimum atomic E-state index is -4.06. The summed E-state index contributed by atoms with van der Waals surface area (Å²) in [6.45, 7) is 7.36. The van der Waals surface area contributed by atoms with Gasteiger partial charge in [0, 0.05) is 35.9 Å². The van der Waals surface area contributed by atoms with Gasteiger partial charge in [-0.05, 0) is 68.3 Å². The van der Waals surface area contributed by atoms with Crippen LogP contribution in [0, 0.1) is 0 Å². The fraction of sp³-hybridized carbons (Fsp3) is 0.276. The first-order valence-electron chi connectivity index (χ1n) is 12.3. The third-order valence-corrected chi connectivity index (χ3v) is 8.03. The first-order chi connectivity index (χ1) is 18.2. The lowest BCUT2D eigenvalue weighted by molar-refractivity contribution is 0.0954. The molecule has 38 heavy (non-hydrogen) atoms. The number of hydrogen-bond acceptors (Lipinski definition) is 6. The van der Waals surface area contributed by atoms with E-state index in [1.54, 1.807) is 30.0 Å². The zero-order valence-electron chi connectivity index (χ0n) is 21.8. The van der Waals surface area contributed by atoms with E-state index in [0.717, 1.165) is 21.8 Å². The smallest absolute Gasteiger partial charge is 0.300 e. The highest BCUT2D eigenvalue weighted by Crippen LogP contribution is 2.22. The van der Waals surface area contributed by atoms with E-state index in [9.17, 15) is 17.6 Å². The molecule has 0 aliphatic heterocycles. The SMILES string of the molecule is CCC=C(F)C(CN(CCSc1ccccc1)Cc1ccc(S(=O)(=O)NC(=O)c2ccco2)cc1)=C(C)C. The third-order valence-electron chi connectivity index (χ3n) is 5.69. The Morgan fingerprint density at radius 3 is 2.37 bits per heavy atom. The molecule has 0 saturated carbocycles. The van der Waals surface area contributed by atoms with Gasteiger partial charge in [0.05, 0.1) is 11.2 Å². The third kappa shape index (κ3) is 8.72. The lowest BCUT2D eigenvalue weighted by Gasteiger charge is -2.24. The Kier molecular flexibility index (Phi) is 10.9. The Morgan fingerprint density at radius 2 is 1.76 bits per heavy atom. The van der Waals surface area contributed by atoms with E-state index in [-0.39, 0.29) is 16.5 Å². The van der Waals surface area contributed by atoms with E-state index in [4.69, 9.17) is 4.42 Å². The summed E-state index contributed by atoms with van der Waals surface area (Å²) < 4.78 is 47.2. The first-order valence-corrected chi connectivity index (χ1v) is 14.8. The summed E-state index contributed by atoms with van der Waals surface area (Å²) in [5.41, 5.74) is 2.46. The van der Waals surface area contributed by atoms with Crippen molar-refractivity contribution in [2.75, 3.05) is 18.8 Å². The summed E-state index contributed by atoms with van der Waals surface area (Å²) in [4.78, 5) is 15.4. The van der Waals surface area contributed by atoms with Gasteiger partial charge in [-0.25, -0.2) is 17.5 Å². The highest BCUT2D eigenvalue weighted by molar-refractivity contribution is 7.99. The molecule has 0 saturated heterocycles. The molecule has 0 radical (unpaired) electrons. The van der Waals surface area contributed by atoms with Crippen LogP contribution in [0.2, 0.25) is 0 Å². The molecule has 0 bridgehead atoms. The summed E-state index contributed by atoms with van der Waals surface area (Å²) in [6, 6.07) is 19.3. The molecule has 0 unspecified atom stereocenters. The van der Waals surface area contributed by atoms with Crippen molar-refractivity contribution in [1.29, 1.82) is 0 Å². The number of nitrogens with one attached hydrogen (secondary N) is 1. The van der Waals surface area contributed by atoms with Crippen LogP contribution >= 0.6 is 11.8 Å². The van der Waals surface area contributed by atoms with E-state index in [1.165, 1.54) is 30.5 Å². The maximum absolute atomic E-state index is 14.9. The molecular weight excluding hydrogens is 523 g/mol. The van der Waals surface area contributed by atoms with Crippen LogP contribution in [0.3, 0.4) is 0 Å². The standard InChI is InChI=1S/C29H33FN2O4S2/c1-4-9-27(30)26(22(2)3)21-32(17-19-37-24-10-6-5-7-11-24)20-23-13-15-25(16-14-23)38(34,35)31-29(33)28-12-8-18-36-28/h5-16,18H,4,17,19-21H2,1-3H3,(H,31,33). The molecule has 1 N–H and O–H groups in total. The number of carbonyl (C=O) groups excluding carboxylic acids is 1. The molecule has 1 aromatic heterocycles. The largest absolute Gasteiger partial charge is 0.459 e. The van der Waals surface area contributed by atoms with Crippen molar-refractivity contribution in [2.45, 2.75) is 43.5 Å². The molecule has 1 heterocycles.